The molecule has 2 heterocycles. The van der Waals surface area contributed by atoms with E-state index < -0.39 is 23.5 Å². The molecule has 31 heavy (non-hydrogen) atoms. The van der Waals surface area contributed by atoms with Crippen LogP contribution in [0.1, 0.15) is 17.2 Å². The molecular weight excluding hydrogens is 467 g/mol. The Hall–Kier alpha value is -2.55. The van der Waals surface area contributed by atoms with Crippen molar-refractivity contribution in [1.29, 1.82) is 0 Å². The first-order valence-electron chi connectivity index (χ1n) is 10.1. The second-order valence-electron chi connectivity index (χ2n) is 7.50. The van der Waals surface area contributed by atoms with E-state index >= 15 is 0 Å². The summed E-state index contributed by atoms with van der Waals surface area (Å²) < 4.78 is 19.7. The first kappa shape index (κ1) is 21.7. The van der Waals surface area contributed by atoms with Gasteiger partial charge in [-0.05, 0) is 29.8 Å². The van der Waals surface area contributed by atoms with Crippen molar-refractivity contribution in [2.45, 2.75) is 6.04 Å². The maximum atomic E-state index is 13.5. The summed E-state index contributed by atoms with van der Waals surface area (Å²) in [6, 6.07) is 11.7. The molecule has 2 fully saturated rings. The number of ether oxygens (including phenoxy) is 1. The molecule has 2 aromatic rings. The fourth-order valence-electron chi connectivity index (χ4n) is 3.94. The molecule has 6 nitrogen and oxygen atoms in total. The molecule has 2 aliphatic rings. The zero-order chi connectivity index (χ0) is 22.0. The summed E-state index contributed by atoms with van der Waals surface area (Å²) in [6.07, 6.45) is 0. The van der Waals surface area contributed by atoms with Crippen molar-refractivity contribution in [2.75, 3.05) is 39.4 Å². The Morgan fingerprint density at radius 3 is 2.32 bits per heavy atom. The number of likely N-dealkylation sites (tertiary alicyclic amines) is 1. The molecule has 0 unspecified atom stereocenters. The lowest BCUT2D eigenvalue weighted by Crippen LogP contribution is -2.42. The van der Waals surface area contributed by atoms with Gasteiger partial charge in [0, 0.05) is 36.2 Å². The van der Waals surface area contributed by atoms with E-state index in [9.17, 15) is 19.1 Å². The van der Waals surface area contributed by atoms with E-state index in [1.165, 1.54) is 17.0 Å². The minimum absolute atomic E-state index is 0.0147. The molecule has 0 aromatic heterocycles. The topological polar surface area (TPSA) is 70.1 Å². The van der Waals surface area contributed by atoms with Crippen molar-refractivity contribution in [2.24, 2.45) is 0 Å². The largest absolute Gasteiger partial charge is 0.507 e. The highest BCUT2D eigenvalue weighted by Gasteiger charge is 2.46. The normalized spacial score (nSPS) is 21.6. The average Bonchev–Trinajstić information content (AvgIpc) is 3.04. The van der Waals surface area contributed by atoms with E-state index in [4.69, 9.17) is 4.74 Å². The fraction of sp³-hybridized carbons (Fsp3) is 0.304. The molecule has 162 valence electrons. The standard InChI is InChI=1S/C23H22BrFN2O4/c24-17-5-1-16(2-6-17)21(28)19-20(15-3-7-18(25)8-4-15)27(23(30)22(19)29)10-9-26-11-13-31-14-12-26/h1-8,20,28H,9-14H2/t20-/m1/s1. The number of morpholine rings is 1. The molecule has 0 aliphatic carbocycles. The van der Waals surface area contributed by atoms with E-state index in [0.29, 0.717) is 37.4 Å². The van der Waals surface area contributed by atoms with Gasteiger partial charge in [0.1, 0.15) is 11.6 Å². The number of nitrogens with zero attached hydrogens (tertiary/aromatic N) is 2. The zero-order valence-electron chi connectivity index (χ0n) is 16.8. The third kappa shape index (κ3) is 4.56. The number of aliphatic hydroxyl groups is 1. The minimum atomic E-state index is -0.787. The minimum Gasteiger partial charge on any atom is -0.507 e. The second-order valence-corrected chi connectivity index (χ2v) is 8.42. The van der Waals surface area contributed by atoms with Crippen molar-refractivity contribution in [3.05, 3.63) is 75.5 Å². The summed E-state index contributed by atoms with van der Waals surface area (Å²) in [5.74, 6) is -2.06. The maximum absolute atomic E-state index is 13.5. The number of Topliss-reactive ketones (excluding diaryl/α,β-unsaturated/α-hetero) is 1. The first-order chi connectivity index (χ1) is 15.0. The molecule has 1 amide bonds. The number of amides is 1. The molecule has 4 rings (SSSR count). The van der Waals surface area contributed by atoms with Gasteiger partial charge in [-0.25, -0.2) is 4.39 Å². The molecule has 1 N–H and O–H groups in total. The molecular formula is C23H22BrFN2O4. The predicted octanol–water partition coefficient (Wildman–Crippen LogP) is 3.34. The van der Waals surface area contributed by atoms with E-state index in [2.05, 4.69) is 20.8 Å². The number of hydrogen-bond donors (Lipinski definition) is 1. The van der Waals surface area contributed by atoms with Crippen molar-refractivity contribution in [3.63, 3.8) is 0 Å². The summed E-state index contributed by atoms with van der Waals surface area (Å²) in [4.78, 5) is 29.5. The molecule has 1 atom stereocenters. The van der Waals surface area contributed by atoms with Crippen LogP contribution < -0.4 is 0 Å². The van der Waals surface area contributed by atoms with E-state index in [-0.39, 0.29) is 11.3 Å². The van der Waals surface area contributed by atoms with Gasteiger partial charge in [0.05, 0.1) is 24.8 Å². The maximum Gasteiger partial charge on any atom is 0.295 e. The average molecular weight is 489 g/mol. The number of carbonyl (C=O) groups is 2. The molecule has 0 radical (unpaired) electrons. The Kier molecular flexibility index (Phi) is 6.50. The van der Waals surface area contributed by atoms with Crippen molar-refractivity contribution < 1.29 is 23.8 Å². The molecule has 0 spiro atoms. The van der Waals surface area contributed by atoms with Gasteiger partial charge >= 0.3 is 0 Å². The van der Waals surface area contributed by atoms with Crippen molar-refractivity contribution >= 4 is 33.4 Å². The first-order valence-corrected chi connectivity index (χ1v) is 10.8. The third-order valence-corrected chi connectivity index (χ3v) is 6.13. The predicted molar refractivity (Wildman–Crippen MR) is 117 cm³/mol. The van der Waals surface area contributed by atoms with Crippen LogP contribution in [0, 0.1) is 5.82 Å². The van der Waals surface area contributed by atoms with Gasteiger partial charge < -0.3 is 14.7 Å². The van der Waals surface area contributed by atoms with Crippen LogP contribution in [0.4, 0.5) is 4.39 Å². The summed E-state index contributed by atoms with van der Waals surface area (Å²) in [7, 11) is 0. The van der Waals surface area contributed by atoms with Crippen LogP contribution in [0.5, 0.6) is 0 Å². The molecule has 2 aliphatic heterocycles. The Balaban J connectivity index is 1.72. The quantitative estimate of drug-likeness (QED) is 0.397. The van der Waals surface area contributed by atoms with Gasteiger partial charge in [0.2, 0.25) is 0 Å². The summed E-state index contributed by atoms with van der Waals surface area (Å²) in [5, 5.41) is 11.0. The number of halogens is 2. The van der Waals surface area contributed by atoms with Crippen molar-refractivity contribution in [3.8, 4) is 0 Å². The number of rotatable bonds is 5. The second kappa shape index (κ2) is 9.30. The van der Waals surface area contributed by atoms with Gasteiger partial charge in [-0.15, -0.1) is 0 Å². The lowest BCUT2D eigenvalue weighted by Gasteiger charge is -2.31. The van der Waals surface area contributed by atoms with E-state index in [1.807, 2.05) is 0 Å². The third-order valence-electron chi connectivity index (χ3n) is 5.60. The SMILES string of the molecule is O=C1C(=O)N(CCN2CCOCC2)[C@H](c2ccc(F)cc2)C1=C(O)c1ccc(Br)cc1. The van der Waals surface area contributed by atoms with Crippen LogP contribution >= 0.6 is 15.9 Å². The number of carbonyl (C=O) groups excluding carboxylic acids is 2. The smallest absolute Gasteiger partial charge is 0.295 e. The Bertz CT molecular complexity index is 1000. The molecule has 2 aromatic carbocycles. The Labute approximate surface area is 188 Å². The monoisotopic (exact) mass is 488 g/mol. The Morgan fingerprint density at radius 1 is 1.03 bits per heavy atom. The van der Waals surface area contributed by atoms with Crippen LogP contribution in [0.3, 0.4) is 0 Å². The fourth-order valence-corrected chi connectivity index (χ4v) is 4.20. The molecule has 0 bridgehead atoms. The van der Waals surface area contributed by atoms with Crippen LogP contribution in [0.15, 0.2) is 58.6 Å². The van der Waals surface area contributed by atoms with Crippen LogP contribution in [0.25, 0.3) is 5.76 Å². The van der Waals surface area contributed by atoms with Crippen LogP contribution in [-0.2, 0) is 14.3 Å². The van der Waals surface area contributed by atoms with Gasteiger partial charge in [-0.1, -0.05) is 40.2 Å². The Morgan fingerprint density at radius 2 is 1.68 bits per heavy atom. The van der Waals surface area contributed by atoms with Gasteiger partial charge in [-0.3, -0.25) is 14.5 Å². The number of benzene rings is 2. The van der Waals surface area contributed by atoms with Gasteiger partial charge in [0.15, 0.2) is 0 Å². The number of aliphatic hydroxyl groups excluding tert-OH is 1. The zero-order valence-corrected chi connectivity index (χ0v) is 18.3. The highest BCUT2D eigenvalue weighted by molar-refractivity contribution is 9.10. The van der Waals surface area contributed by atoms with E-state index in [1.54, 1.807) is 36.4 Å². The lowest BCUT2D eigenvalue weighted by atomic mass is 9.95. The lowest BCUT2D eigenvalue weighted by molar-refractivity contribution is -0.140. The number of hydrogen-bond acceptors (Lipinski definition) is 5. The summed E-state index contributed by atoms with van der Waals surface area (Å²) >= 11 is 3.35. The highest BCUT2D eigenvalue weighted by Crippen LogP contribution is 2.39. The van der Waals surface area contributed by atoms with Crippen LogP contribution in [-0.4, -0.2) is 66.0 Å². The van der Waals surface area contributed by atoms with Gasteiger partial charge in [-0.2, -0.15) is 0 Å². The summed E-state index contributed by atoms with van der Waals surface area (Å²) in [6.45, 7) is 3.65. The van der Waals surface area contributed by atoms with Crippen molar-refractivity contribution in [1.82, 2.24) is 9.80 Å². The summed E-state index contributed by atoms with van der Waals surface area (Å²) in [5.41, 5.74) is 1.02. The highest BCUT2D eigenvalue weighted by atomic mass is 79.9. The van der Waals surface area contributed by atoms with Crippen LogP contribution in [0.2, 0.25) is 0 Å². The molecule has 8 heteroatoms. The molecule has 0 saturated carbocycles. The number of ketones is 1. The van der Waals surface area contributed by atoms with E-state index in [0.717, 1.165) is 17.6 Å². The molecule has 2 saturated heterocycles. The van der Waals surface area contributed by atoms with Gasteiger partial charge in [0.25, 0.3) is 11.7 Å².